The van der Waals surface area contributed by atoms with Crippen molar-refractivity contribution in [2.45, 2.75) is 13.1 Å². The Labute approximate surface area is 147 Å². The van der Waals surface area contributed by atoms with Crippen LogP contribution in [-0.4, -0.2) is 9.97 Å². The second kappa shape index (κ2) is 6.36. The molecule has 0 unspecified atom stereocenters. The number of thiazole rings is 1. The summed E-state index contributed by atoms with van der Waals surface area (Å²) in [4.78, 5) is 20.3. The summed E-state index contributed by atoms with van der Waals surface area (Å²) in [5.74, 6) is 0. The molecule has 2 aromatic heterocycles. The largest absolute Gasteiger partial charge is 0.361 e. The van der Waals surface area contributed by atoms with E-state index in [1.807, 2.05) is 36.4 Å². The molecule has 0 bridgehead atoms. The third-order valence-corrected chi connectivity index (χ3v) is 5.09. The number of benzene rings is 2. The molecule has 2 heterocycles. The number of aromatic nitrogens is 2. The van der Waals surface area contributed by atoms with Crippen LogP contribution < -0.4 is 10.7 Å². The fraction of sp³-hybridized carbons (Fsp3) is 0.111. The molecule has 0 amide bonds. The van der Waals surface area contributed by atoms with Gasteiger partial charge in [0.1, 0.15) is 0 Å². The van der Waals surface area contributed by atoms with E-state index in [1.165, 1.54) is 11.3 Å². The van der Waals surface area contributed by atoms with Crippen molar-refractivity contribution in [2.24, 2.45) is 0 Å². The summed E-state index contributed by atoms with van der Waals surface area (Å²) >= 11 is 7.38. The fourth-order valence-corrected chi connectivity index (χ4v) is 3.70. The Balaban J connectivity index is 1.61. The van der Waals surface area contributed by atoms with Gasteiger partial charge >= 0.3 is 0 Å². The number of pyridine rings is 1. The number of hydrogen-bond donors (Lipinski definition) is 2. The molecule has 0 aliphatic rings. The minimum atomic E-state index is 0.0576. The van der Waals surface area contributed by atoms with Crippen molar-refractivity contribution in [3.8, 4) is 0 Å². The third kappa shape index (κ3) is 2.82. The van der Waals surface area contributed by atoms with E-state index >= 15 is 0 Å². The average molecular weight is 356 g/mol. The minimum absolute atomic E-state index is 0.0576. The molecule has 0 aliphatic carbocycles. The van der Waals surface area contributed by atoms with Crippen LogP contribution in [0.2, 0.25) is 5.02 Å². The van der Waals surface area contributed by atoms with E-state index < -0.39 is 0 Å². The van der Waals surface area contributed by atoms with Gasteiger partial charge in [0.05, 0.1) is 26.6 Å². The first-order valence-electron chi connectivity index (χ1n) is 7.54. The number of fused-ring (bicyclic) bond motifs is 3. The molecule has 0 fully saturated rings. The number of H-pyrrole nitrogens is 1. The van der Waals surface area contributed by atoms with E-state index in [2.05, 4.69) is 15.3 Å². The van der Waals surface area contributed by atoms with E-state index in [-0.39, 0.29) is 5.43 Å². The van der Waals surface area contributed by atoms with E-state index in [0.717, 1.165) is 37.3 Å². The molecule has 24 heavy (non-hydrogen) atoms. The zero-order chi connectivity index (χ0) is 16.5. The fourth-order valence-electron chi connectivity index (χ4n) is 2.74. The number of rotatable bonds is 4. The first-order valence-corrected chi connectivity index (χ1v) is 8.80. The zero-order valence-corrected chi connectivity index (χ0v) is 14.2. The van der Waals surface area contributed by atoms with Gasteiger partial charge in [-0.15, -0.1) is 11.3 Å². The van der Waals surface area contributed by atoms with Crippen molar-refractivity contribution >= 4 is 44.1 Å². The van der Waals surface area contributed by atoms with Crippen LogP contribution in [0, 0.1) is 0 Å². The van der Waals surface area contributed by atoms with E-state index in [4.69, 9.17) is 11.6 Å². The number of aromatic amines is 1. The summed E-state index contributed by atoms with van der Waals surface area (Å²) < 4.78 is 0.938. The standard InChI is InChI=1S/C18H14ClN3OS/c19-13-3-1-11(2-4-13)7-20-8-12-9-21-14-5-6-15-18(24-10-22-15)16(14)17(12)23/h1-6,9-10,20H,7-8H2,(H,21,23). The maximum Gasteiger partial charge on any atom is 0.195 e. The van der Waals surface area contributed by atoms with Crippen LogP contribution in [0.5, 0.6) is 0 Å². The molecular formula is C18H14ClN3OS. The van der Waals surface area contributed by atoms with Crippen molar-refractivity contribution < 1.29 is 0 Å². The summed E-state index contributed by atoms with van der Waals surface area (Å²) in [6.45, 7) is 1.18. The van der Waals surface area contributed by atoms with Gasteiger partial charge in [-0.3, -0.25) is 4.79 Å². The molecule has 6 heteroatoms. The van der Waals surface area contributed by atoms with Gasteiger partial charge in [0.2, 0.25) is 0 Å². The molecule has 0 saturated carbocycles. The Bertz CT molecular complexity index is 1070. The Morgan fingerprint density at radius 2 is 1.96 bits per heavy atom. The Morgan fingerprint density at radius 1 is 1.12 bits per heavy atom. The average Bonchev–Trinajstić information content (AvgIpc) is 3.07. The normalized spacial score (nSPS) is 11.4. The Hall–Kier alpha value is -2.21. The minimum Gasteiger partial charge on any atom is -0.361 e. The molecule has 0 spiro atoms. The number of nitrogens with one attached hydrogen (secondary N) is 2. The SMILES string of the molecule is O=c1c(CNCc2ccc(Cl)cc2)c[nH]c2ccc3ncsc3c12. The van der Waals surface area contributed by atoms with Gasteiger partial charge in [-0.25, -0.2) is 4.98 Å². The topological polar surface area (TPSA) is 57.8 Å². The number of nitrogens with zero attached hydrogens (tertiary/aromatic N) is 1. The molecule has 120 valence electrons. The van der Waals surface area contributed by atoms with Crippen molar-refractivity contribution in [2.75, 3.05) is 0 Å². The smallest absolute Gasteiger partial charge is 0.195 e. The zero-order valence-electron chi connectivity index (χ0n) is 12.7. The van der Waals surface area contributed by atoms with Crippen LogP contribution in [0.3, 0.4) is 0 Å². The highest BCUT2D eigenvalue weighted by Crippen LogP contribution is 2.24. The predicted octanol–water partition coefficient (Wildman–Crippen LogP) is 4.08. The van der Waals surface area contributed by atoms with Gasteiger partial charge in [0.25, 0.3) is 0 Å². The third-order valence-electron chi connectivity index (χ3n) is 3.98. The van der Waals surface area contributed by atoms with Gasteiger partial charge in [-0.2, -0.15) is 0 Å². The van der Waals surface area contributed by atoms with Crippen LogP contribution in [0.15, 0.2) is 52.9 Å². The maximum absolute atomic E-state index is 12.8. The maximum atomic E-state index is 12.8. The first-order chi connectivity index (χ1) is 11.7. The van der Waals surface area contributed by atoms with Gasteiger partial charge in [-0.05, 0) is 29.8 Å². The van der Waals surface area contributed by atoms with E-state index in [9.17, 15) is 4.79 Å². The van der Waals surface area contributed by atoms with Crippen molar-refractivity contribution in [3.63, 3.8) is 0 Å². The number of hydrogen-bond acceptors (Lipinski definition) is 4. The number of halogens is 1. The van der Waals surface area contributed by atoms with Crippen molar-refractivity contribution in [1.82, 2.24) is 15.3 Å². The van der Waals surface area contributed by atoms with Crippen LogP contribution in [0.4, 0.5) is 0 Å². The second-order valence-corrected chi connectivity index (χ2v) is 6.85. The lowest BCUT2D eigenvalue weighted by Crippen LogP contribution is -2.19. The van der Waals surface area contributed by atoms with Crippen LogP contribution in [0.1, 0.15) is 11.1 Å². The highest BCUT2D eigenvalue weighted by atomic mass is 35.5. The van der Waals surface area contributed by atoms with Crippen molar-refractivity contribution in [1.29, 1.82) is 0 Å². The molecule has 4 rings (SSSR count). The monoisotopic (exact) mass is 355 g/mol. The molecule has 0 aliphatic heterocycles. The van der Waals surface area contributed by atoms with E-state index in [1.54, 1.807) is 11.7 Å². The van der Waals surface area contributed by atoms with Gasteiger partial charge in [0.15, 0.2) is 5.43 Å². The lowest BCUT2D eigenvalue weighted by molar-refractivity contribution is 0.689. The lowest BCUT2D eigenvalue weighted by Gasteiger charge is -2.07. The highest BCUT2D eigenvalue weighted by Gasteiger charge is 2.10. The van der Waals surface area contributed by atoms with Crippen LogP contribution in [-0.2, 0) is 13.1 Å². The second-order valence-electron chi connectivity index (χ2n) is 5.56. The summed E-state index contributed by atoms with van der Waals surface area (Å²) in [5, 5.41) is 4.75. The lowest BCUT2D eigenvalue weighted by atomic mass is 10.1. The molecule has 4 aromatic rings. The summed E-state index contributed by atoms with van der Waals surface area (Å²) in [6, 6.07) is 11.5. The first kappa shape index (κ1) is 15.3. The summed E-state index contributed by atoms with van der Waals surface area (Å²) in [7, 11) is 0. The molecule has 0 atom stereocenters. The molecular weight excluding hydrogens is 342 g/mol. The van der Waals surface area contributed by atoms with Crippen LogP contribution >= 0.6 is 22.9 Å². The molecule has 0 radical (unpaired) electrons. The molecule has 4 nitrogen and oxygen atoms in total. The van der Waals surface area contributed by atoms with Gasteiger partial charge in [0, 0.05) is 29.9 Å². The Kier molecular flexibility index (Phi) is 4.06. The quantitative estimate of drug-likeness (QED) is 0.580. The van der Waals surface area contributed by atoms with Gasteiger partial charge in [-0.1, -0.05) is 23.7 Å². The Morgan fingerprint density at radius 3 is 2.79 bits per heavy atom. The predicted molar refractivity (Wildman–Crippen MR) is 99.7 cm³/mol. The summed E-state index contributed by atoms with van der Waals surface area (Å²) in [5.41, 5.74) is 5.39. The molecule has 2 N–H and O–H groups in total. The van der Waals surface area contributed by atoms with E-state index in [0.29, 0.717) is 13.1 Å². The van der Waals surface area contributed by atoms with Crippen molar-refractivity contribution in [3.05, 3.63) is 74.5 Å². The highest BCUT2D eigenvalue weighted by molar-refractivity contribution is 7.17. The molecule has 0 saturated heterocycles. The molecule has 2 aromatic carbocycles. The summed E-state index contributed by atoms with van der Waals surface area (Å²) in [6.07, 6.45) is 1.78. The van der Waals surface area contributed by atoms with Crippen LogP contribution in [0.25, 0.3) is 21.1 Å². The van der Waals surface area contributed by atoms with Gasteiger partial charge < -0.3 is 10.3 Å².